The van der Waals surface area contributed by atoms with Crippen LogP contribution in [0.3, 0.4) is 0 Å². The summed E-state index contributed by atoms with van der Waals surface area (Å²) in [5.41, 5.74) is 9.90. The fraction of sp³-hybridized carbons (Fsp3) is 0.308. The maximum absolute atomic E-state index is 11.5. The minimum absolute atomic E-state index is 0.0335. The van der Waals surface area contributed by atoms with E-state index in [1.807, 2.05) is 17.5 Å². The molecular formula is C26H31N5O3S3. The lowest BCUT2D eigenvalue weighted by molar-refractivity contribution is 0.423. The second-order valence-corrected chi connectivity index (χ2v) is 14.3. The van der Waals surface area contributed by atoms with Crippen molar-refractivity contribution in [3.8, 4) is 26.9 Å². The molecule has 0 atom stereocenters. The number of primary sulfonamides is 1. The molecule has 0 radical (unpaired) electrons. The van der Waals surface area contributed by atoms with Crippen molar-refractivity contribution in [2.75, 3.05) is 11.1 Å². The van der Waals surface area contributed by atoms with Crippen LogP contribution in [0.4, 0.5) is 16.6 Å². The van der Waals surface area contributed by atoms with E-state index in [0.717, 1.165) is 32.3 Å². The van der Waals surface area contributed by atoms with Gasteiger partial charge in [0.25, 0.3) is 0 Å². The van der Waals surface area contributed by atoms with Crippen LogP contribution in [0.2, 0.25) is 0 Å². The number of hydrogen-bond acceptors (Lipinski definition) is 9. The Morgan fingerprint density at radius 3 is 2.03 bits per heavy atom. The number of phenols is 1. The molecule has 0 aliphatic rings. The summed E-state index contributed by atoms with van der Waals surface area (Å²) >= 11 is 2.84. The predicted octanol–water partition coefficient (Wildman–Crippen LogP) is 6.21. The van der Waals surface area contributed by atoms with E-state index < -0.39 is 10.0 Å². The number of rotatable bonds is 5. The standard InChI is InChI=1S/C26H31N5O3S3/c1-25(2,3)17-11-14(12-18(20(17)32)26(4,5)6)19-13-35-23(30-19)21-22(27)31-24(36-21)29-15-7-9-16(10-8-15)37(28,33)34/h7-13,32H,27H2,1-6H3,(H,29,31)(H2,28,33,34). The SMILES string of the molecule is CC(C)(C)c1cc(-c2csc(-c3sc(Nc4ccc(S(N)(=O)=O)cc4)nc3N)n2)cc(C(C)(C)C)c1O. The Labute approximate surface area is 225 Å². The average molecular weight is 558 g/mol. The summed E-state index contributed by atoms with van der Waals surface area (Å²) in [5.74, 6) is 0.685. The number of anilines is 3. The number of hydrogen-bond donors (Lipinski definition) is 4. The average Bonchev–Trinajstić information content (AvgIpc) is 3.38. The molecule has 0 saturated carbocycles. The number of sulfonamides is 1. The number of phenolic OH excluding ortho intramolecular Hbond substituents is 1. The second-order valence-electron chi connectivity index (χ2n) is 10.9. The fourth-order valence-corrected chi connectivity index (χ4v) is 6.18. The molecule has 0 amide bonds. The van der Waals surface area contributed by atoms with Gasteiger partial charge in [0.1, 0.15) is 21.5 Å². The number of nitrogens with zero attached hydrogens (tertiary/aromatic N) is 2. The highest BCUT2D eigenvalue weighted by molar-refractivity contribution is 7.89. The Balaban J connectivity index is 1.66. The minimum Gasteiger partial charge on any atom is -0.507 e. The first-order chi connectivity index (χ1) is 17.0. The number of aromatic nitrogens is 2. The van der Waals surface area contributed by atoms with E-state index in [4.69, 9.17) is 15.9 Å². The zero-order valence-corrected chi connectivity index (χ0v) is 24.0. The van der Waals surface area contributed by atoms with Crippen molar-refractivity contribution in [2.24, 2.45) is 5.14 Å². The third kappa shape index (κ3) is 5.80. The number of benzene rings is 2. The van der Waals surface area contributed by atoms with Gasteiger partial charge in [-0.25, -0.2) is 23.5 Å². The molecule has 4 aromatic rings. The number of nitrogen functional groups attached to an aromatic ring is 1. The van der Waals surface area contributed by atoms with Gasteiger partial charge in [-0.3, -0.25) is 0 Å². The quantitative estimate of drug-likeness (QED) is 0.228. The lowest BCUT2D eigenvalue weighted by Crippen LogP contribution is -2.17. The minimum atomic E-state index is -3.76. The summed E-state index contributed by atoms with van der Waals surface area (Å²) in [6.45, 7) is 12.5. The Morgan fingerprint density at radius 1 is 0.946 bits per heavy atom. The zero-order chi connectivity index (χ0) is 27.3. The first-order valence-corrected chi connectivity index (χ1v) is 14.8. The summed E-state index contributed by atoms with van der Waals surface area (Å²) in [7, 11) is -3.76. The highest BCUT2D eigenvalue weighted by Crippen LogP contribution is 2.44. The molecule has 0 bridgehead atoms. The molecule has 8 nitrogen and oxygen atoms in total. The van der Waals surface area contributed by atoms with E-state index in [1.54, 1.807) is 12.1 Å². The van der Waals surface area contributed by atoms with E-state index in [1.165, 1.54) is 34.8 Å². The molecule has 0 fully saturated rings. The van der Waals surface area contributed by atoms with Crippen LogP contribution in [0, 0.1) is 0 Å². The van der Waals surface area contributed by atoms with Gasteiger partial charge in [-0.15, -0.1) is 11.3 Å². The van der Waals surface area contributed by atoms with E-state index in [9.17, 15) is 13.5 Å². The molecule has 4 rings (SSSR count). The Bertz CT molecular complexity index is 1520. The third-order valence-electron chi connectivity index (χ3n) is 5.81. The molecule has 2 aromatic carbocycles. The van der Waals surface area contributed by atoms with Crippen LogP contribution >= 0.6 is 22.7 Å². The van der Waals surface area contributed by atoms with Crippen molar-refractivity contribution in [1.82, 2.24) is 9.97 Å². The molecule has 196 valence electrons. The Kier molecular flexibility index (Phi) is 6.87. The molecule has 0 spiro atoms. The molecule has 2 heterocycles. The number of thiazole rings is 2. The van der Waals surface area contributed by atoms with Crippen LogP contribution < -0.4 is 16.2 Å². The van der Waals surface area contributed by atoms with Crippen molar-refractivity contribution in [2.45, 2.75) is 57.3 Å². The molecular weight excluding hydrogens is 527 g/mol. The molecule has 11 heteroatoms. The smallest absolute Gasteiger partial charge is 0.238 e. The van der Waals surface area contributed by atoms with Crippen LogP contribution in [-0.2, 0) is 20.9 Å². The third-order valence-corrected chi connectivity index (χ3v) is 8.72. The molecule has 0 unspecified atom stereocenters. The van der Waals surface area contributed by atoms with Gasteiger partial charge in [-0.2, -0.15) is 0 Å². The molecule has 2 aromatic heterocycles. The fourth-order valence-electron chi connectivity index (χ4n) is 3.83. The van der Waals surface area contributed by atoms with Crippen molar-refractivity contribution >= 4 is 49.3 Å². The Morgan fingerprint density at radius 2 is 1.51 bits per heavy atom. The predicted molar refractivity (Wildman–Crippen MR) is 153 cm³/mol. The summed E-state index contributed by atoms with van der Waals surface area (Å²) in [4.78, 5) is 10.1. The lowest BCUT2D eigenvalue weighted by atomic mass is 9.78. The largest absolute Gasteiger partial charge is 0.507 e. The van der Waals surface area contributed by atoms with E-state index in [0.29, 0.717) is 22.4 Å². The van der Waals surface area contributed by atoms with Crippen molar-refractivity contribution < 1.29 is 13.5 Å². The topological polar surface area (TPSA) is 144 Å². The Hall–Kier alpha value is -2.99. The van der Waals surface area contributed by atoms with Crippen molar-refractivity contribution in [3.63, 3.8) is 0 Å². The summed E-state index contributed by atoms with van der Waals surface area (Å²) < 4.78 is 23.0. The molecule has 0 aliphatic heterocycles. The van der Waals surface area contributed by atoms with E-state index >= 15 is 0 Å². The highest BCUT2D eigenvalue weighted by atomic mass is 32.2. The van der Waals surface area contributed by atoms with Crippen molar-refractivity contribution in [1.29, 1.82) is 0 Å². The van der Waals surface area contributed by atoms with Gasteiger partial charge in [0.2, 0.25) is 10.0 Å². The zero-order valence-electron chi connectivity index (χ0n) is 21.6. The number of nitrogens with one attached hydrogen (secondary N) is 1. The maximum atomic E-state index is 11.5. The van der Waals surface area contributed by atoms with E-state index in [2.05, 4.69) is 51.8 Å². The highest BCUT2D eigenvalue weighted by Gasteiger charge is 2.27. The lowest BCUT2D eigenvalue weighted by Gasteiger charge is -2.28. The van der Waals surface area contributed by atoms with Gasteiger partial charge >= 0.3 is 0 Å². The van der Waals surface area contributed by atoms with Crippen LogP contribution in [0.5, 0.6) is 5.75 Å². The summed E-state index contributed by atoms with van der Waals surface area (Å²) in [6, 6.07) is 10.1. The summed E-state index contributed by atoms with van der Waals surface area (Å²) in [5, 5.41) is 22.6. The monoisotopic (exact) mass is 557 g/mol. The second kappa shape index (κ2) is 9.39. The summed E-state index contributed by atoms with van der Waals surface area (Å²) in [6.07, 6.45) is 0. The van der Waals surface area contributed by atoms with Gasteiger partial charge in [0, 0.05) is 27.8 Å². The normalized spacial score (nSPS) is 12.6. The van der Waals surface area contributed by atoms with E-state index in [-0.39, 0.29) is 15.7 Å². The van der Waals surface area contributed by atoms with Crippen LogP contribution in [0.1, 0.15) is 52.7 Å². The number of aromatic hydroxyl groups is 1. The van der Waals surface area contributed by atoms with Crippen LogP contribution in [0.25, 0.3) is 21.1 Å². The molecule has 6 N–H and O–H groups in total. The van der Waals surface area contributed by atoms with Crippen LogP contribution in [-0.4, -0.2) is 23.5 Å². The first-order valence-electron chi connectivity index (χ1n) is 11.5. The van der Waals surface area contributed by atoms with Gasteiger partial charge < -0.3 is 16.2 Å². The molecule has 0 aliphatic carbocycles. The number of nitrogens with two attached hydrogens (primary N) is 2. The molecule has 0 saturated heterocycles. The van der Waals surface area contributed by atoms with Gasteiger partial charge in [-0.1, -0.05) is 52.9 Å². The molecule has 37 heavy (non-hydrogen) atoms. The first kappa shape index (κ1) is 27.1. The van der Waals surface area contributed by atoms with Gasteiger partial charge in [0.05, 0.1) is 10.6 Å². The van der Waals surface area contributed by atoms with Gasteiger partial charge in [-0.05, 0) is 47.2 Å². The maximum Gasteiger partial charge on any atom is 0.238 e. The van der Waals surface area contributed by atoms with Gasteiger partial charge in [0.15, 0.2) is 5.13 Å². The van der Waals surface area contributed by atoms with Crippen molar-refractivity contribution in [3.05, 3.63) is 52.9 Å². The van der Waals surface area contributed by atoms with Crippen LogP contribution in [0.15, 0.2) is 46.7 Å².